The standard InChI is InChI=1S/C12H8ClNO4S/c13-10-4-3-9(19-10)11(16)14-8-2-1-6(15)5-7(8)12(17)18/h1-5,15H,(H,14,16)(H,17,18). The van der Waals surface area contributed by atoms with Crippen molar-refractivity contribution < 1.29 is 19.8 Å². The van der Waals surface area contributed by atoms with E-state index in [1.54, 1.807) is 12.1 Å². The van der Waals surface area contributed by atoms with Crippen LogP contribution in [0.25, 0.3) is 0 Å². The molecule has 0 bridgehead atoms. The molecular formula is C12H8ClNO4S. The minimum Gasteiger partial charge on any atom is -0.508 e. The van der Waals surface area contributed by atoms with Gasteiger partial charge in [0.15, 0.2) is 0 Å². The van der Waals surface area contributed by atoms with E-state index in [2.05, 4.69) is 5.32 Å². The lowest BCUT2D eigenvalue weighted by Crippen LogP contribution is -2.13. The Morgan fingerprint density at radius 1 is 1.21 bits per heavy atom. The molecule has 0 aliphatic heterocycles. The van der Waals surface area contributed by atoms with Crippen LogP contribution in [0.3, 0.4) is 0 Å². The zero-order valence-corrected chi connectivity index (χ0v) is 11.0. The Hall–Kier alpha value is -2.05. The van der Waals surface area contributed by atoms with E-state index in [-0.39, 0.29) is 17.0 Å². The average molecular weight is 298 g/mol. The molecule has 2 rings (SSSR count). The SMILES string of the molecule is O=C(Nc1ccc(O)cc1C(=O)O)c1ccc(Cl)s1. The zero-order valence-electron chi connectivity index (χ0n) is 9.38. The third kappa shape index (κ3) is 3.04. The number of halogens is 1. The number of phenols is 1. The van der Waals surface area contributed by atoms with Crippen LogP contribution in [-0.4, -0.2) is 22.1 Å². The van der Waals surface area contributed by atoms with Gasteiger partial charge in [-0.2, -0.15) is 0 Å². The number of hydrogen-bond acceptors (Lipinski definition) is 4. The van der Waals surface area contributed by atoms with Gasteiger partial charge < -0.3 is 15.5 Å². The predicted molar refractivity (Wildman–Crippen MR) is 72.3 cm³/mol. The Morgan fingerprint density at radius 2 is 1.95 bits per heavy atom. The predicted octanol–water partition coefficient (Wildman–Crippen LogP) is 3.06. The largest absolute Gasteiger partial charge is 0.508 e. The van der Waals surface area contributed by atoms with Crippen LogP contribution in [0, 0.1) is 0 Å². The number of aromatic carboxylic acids is 1. The lowest BCUT2D eigenvalue weighted by molar-refractivity contribution is 0.0697. The molecule has 0 saturated carbocycles. The summed E-state index contributed by atoms with van der Waals surface area (Å²) in [6.07, 6.45) is 0. The Kier molecular flexibility index (Phi) is 3.73. The highest BCUT2D eigenvalue weighted by molar-refractivity contribution is 7.18. The molecule has 0 atom stereocenters. The van der Waals surface area contributed by atoms with E-state index in [9.17, 15) is 14.7 Å². The van der Waals surface area contributed by atoms with Gasteiger partial charge in [-0.3, -0.25) is 4.79 Å². The van der Waals surface area contributed by atoms with Gasteiger partial charge in [0.2, 0.25) is 0 Å². The molecule has 0 saturated heterocycles. The van der Waals surface area contributed by atoms with Gasteiger partial charge in [0.25, 0.3) is 5.91 Å². The first-order valence-electron chi connectivity index (χ1n) is 5.10. The molecule has 19 heavy (non-hydrogen) atoms. The Labute approximate surface area is 117 Å². The van der Waals surface area contributed by atoms with Gasteiger partial charge in [0.05, 0.1) is 20.5 Å². The van der Waals surface area contributed by atoms with E-state index in [4.69, 9.17) is 16.7 Å². The second-order valence-electron chi connectivity index (χ2n) is 3.59. The smallest absolute Gasteiger partial charge is 0.337 e. The number of hydrogen-bond donors (Lipinski definition) is 3. The van der Waals surface area contributed by atoms with E-state index in [0.29, 0.717) is 9.21 Å². The van der Waals surface area contributed by atoms with Crippen molar-refractivity contribution in [3.05, 3.63) is 45.1 Å². The zero-order chi connectivity index (χ0) is 14.0. The molecule has 1 amide bonds. The molecule has 0 radical (unpaired) electrons. The van der Waals surface area contributed by atoms with Gasteiger partial charge >= 0.3 is 5.97 Å². The molecule has 0 fully saturated rings. The molecule has 0 unspecified atom stereocenters. The summed E-state index contributed by atoms with van der Waals surface area (Å²) in [4.78, 5) is 23.3. The van der Waals surface area contributed by atoms with Crippen LogP contribution in [-0.2, 0) is 0 Å². The van der Waals surface area contributed by atoms with Crippen molar-refractivity contribution in [2.75, 3.05) is 5.32 Å². The minimum absolute atomic E-state index is 0.111. The first-order valence-corrected chi connectivity index (χ1v) is 6.30. The normalized spacial score (nSPS) is 10.2. The van der Waals surface area contributed by atoms with Crippen molar-refractivity contribution in [3.63, 3.8) is 0 Å². The molecule has 5 nitrogen and oxygen atoms in total. The van der Waals surface area contributed by atoms with E-state index < -0.39 is 11.9 Å². The number of carboxylic acids is 1. The number of carbonyl (C=O) groups excluding carboxylic acids is 1. The molecule has 0 aliphatic rings. The summed E-state index contributed by atoms with van der Waals surface area (Å²) >= 11 is 6.81. The number of aromatic hydroxyl groups is 1. The summed E-state index contributed by atoms with van der Waals surface area (Å²) < 4.78 is 0.467. The van der Waals surface area contributed by atoms with Crippen LogP contribution in [0.15, 0.2) is 30.3 Å². The van der Waals surface area contributed by atoms with Crippen LogP contribution in [0.2, 0.25) is 4.34 Å². The second kappa shape index (κ2) is 5.29. The summed E-state index contributed by atoms with van der Waals surface area (Å²) in [5.41, 5.74) is -0.0733. The number of phenolic OH excluding ortho intramolecular Hbond substituents is 1. The molecule has 1 heterocycles. The van der Waals surface area contributed by atoms with Crippen molar-refractivity contribution in [1.29, 1.82) is 0 Å². The fourth-order valence-corrected chi connectivity index (χ4v) is 2.38. The van der Waals surface area contributed by atoms with E-state index >= 15 is 0 Å². The van der Waals surface area contributed by atoms with E-state index in [1.807, 2.05) is 0 Å². The lowest BCUT2D eigenvalue weighted by Gasteiger charge is -2.07. The lowest BCUT2D eigenvalue weighted by atomic mass is 10.1. The molecule has 2 aromatic rings. The molecule has 1 aromatic carbocycles. The fraction of sp³-hybridized carbons (Fsp3) is 0. The molecule has 0 aliphatic carbocycles. The molecule has 0 spiro atoms. The highest BCUT2D eigenvalue weighted by Crippen LogP contribution is 2.25. The van der Waals surface area contributed by atoms with Crippen molar-refractivity contribution in [2.45, 2.75) is 0 Å². The maximum Gasteiger partial charge on any atom is 0.337 e. The van der Waals surface area contributed by atoms with Crippen molar-refractivity contribution in [3.8, 4) is 5.75 Å². The van der Waals surface area contributed by atoms with E-state index in [0.717, 1.165) is 17.4 Å². The van der Waals surface area contributed by atoms with Crippen LogP contribution < -0.4 is 5.32 Å². The van der Waals surface area contributed by atoms with Crippen LogP contribution in [0.5, 0.6) is 5.75 Å². The quantitative estimate of drug-likeness (QED) is 0.760. The van der Waals surface area contributed by atoms with Crippen LogP contribution >= 0.6 is 22.9 Å². The number of rotatable bonds is 3. The maximum absolute atomic E-state index is 11.9. The molecule has 3 N–H and O–H groups in total. The maximum atomic E-state index is 11.9. The van der Waals surface area contributed by atoms with Gasteiger partial charge in [-0.1, -0.05) is 11.6 Å². The minimum atomic E-state index is -1.24. The number of nitrogens with one attached hydrogen (secondary N) is 1. The summed E-state index contributed by atoms with van der Waals surface area (Å²) in [5.74, 6) is -1.88. The summed E-state index contributed by atoms with van der Waals surface area (Å²) in [7, 11) is 0. The van der Waals surface area contributed by atoms with Gasteiger partial charge in [-0.05, 0) is 30.3 Å². The van der Waals surface area contributed by atoms with E-state index in [1.165, 1.54) is 12.1 Å². The first-order chi connectivity index (χ1) is 8.97. The van der Waals surface area contributed by atoms with Crippen LogP contribution in [0.4, 0.5) is 5.69 Å². The molecule has 98 valence electrons. The summed E-state index contributed by atoms with van der Waals surface area (Å²) in [5, 5.41) is 20.7. The summed E-state index contributed by atoms with van der Waals surface area (Å²) in [6, 6.07) is 6.81. The third-order valence-corrected chi connectivity index (χ3v) is 3.51. The Bertz CT molecular complexity index is 653. The molecule has 7 heteroatoms. The van der Waals surface area contributed by atoms with Gasteiger partial charge in [0.1, 0.15) is 5.75 Å². The number of thiophene rings is 1. The van der Waals surface area contributed by atoms with Crippen molar-refractivity contribution in [1.82, 2.24) is 0 Å². The van der Waals surface area contributed by atoms with Gasteiger partial charge in [-0.15, -0.1) is 11.3 Å². The second-order valence-corrected chi connectivity index (χ2v) is 5.31. The number of carbonyl (C=O) groups is 2. The number of anilines is 1. The Morgan fingerprint density at radius 3 is 2.53 bits per heavy atom. The number of amides is 1. The molecular weight excluding hydrogens is 290 g/mol. The average Bonchev–Trinajstić information content (AvgIpc) is 2.78. The first kappa shape index (κ1) is 13.4. The Balaban J connectivity index is 2.28. The van der Waals surface area contributed by atoms with Crippen molar-refractivity contribution in [2.24, 2.45) is 0 Å². The van der Waals surface area contributed by atoms with Crippen molar-refractivity contribution >= 4 is 40.5 Å². The fourth-order valence-electron chi connectivity index (χ4n) is 1.44. The number of benzene rings is 1. The monoisotopic (exact) mass is 297 g/mol. The summed E-state index contributed by atoms with van der Waals surface area (Å²) in [6.45, 7) is 0. The van der Waals surface area contributed by atoms with Gasteiger partial charge in [0, 0.05) is 0 Å². The molecule has 1 aromatic heterocycles. The number of carboxylic acid groups (broad SMARTS) is 1. The topological polar surface area (TPSA) is 86.6 Å². The van der Waals surface area contributed by atoms with Gasteiger partial charge in [-0.25, -0.2) is 4.79 Å². The highest BCUT2D eigenvalue weighted by atomic mass is 35.5. The third-order valence-electron chi connectivity index (χ3n) is 2.28. The highest BCUT2D eigenvalue weighted by Gasteiger charge is 2.15. The van der Waals surface area contributed by atoms with Crippen LogP contribution in [0.1, 0.15) is 20.0 Å².